The highest BCUT2D eigenvalue weighted by molar-refractivity contribution is 7.89. The molecule has 2 heterocycles. The number of carbonyl (C=O) groups excluding carboxylic acids is 1. The molecule has 10 heteroatoms. The lowest BCUT2D eigenvalue weighted by molar-refractivity contribution is -0.114. The minimum atomic E-state index is -3.62. The van der Waals surface area contributed by atoms with E-state index in [4.69, 9.17) is 4.74 Å². The molecule has 1 saturated heterocycles. The number of piperazine rings is 1. The normalized spacial score (nSPS) is 14.6. The van der Waals surface area contributed by atoms with Gasteiger partial charge >= 0.3 is 0 Å². The SMILES string of the molecule is CCOc1ccc(-c2cc(N3CCN(S(=O)(=O)c4ccc(NC(C)=O)cc4)CC3)ncn2)cc1. The number of nitrogens with one attached hydrogen (secondary N) is 1. The van der Waals surface area contributed by atoms with Gasteiger partial charge in [-0.15, -0.1) is 0 Å². The van der Waals surface area contributed by atoms with Crippen molar-refractivity contribution in [3.8, 4) is 17.0 Å². The van der Waals surface area contributed by atoms with E-state index in [1.807, 2.05) is 37.3 Å². The van der Waals surface area contributed by atoms with E-state index in [-0.39, 0.29) is 10.8 Å². The second-order valence-corrected chi connectivity index (χ2v) is 9.75. The lowest BCUT2D eigenvalue weighted by atomic mass is 10.1. The first-order chi connectivity index (χ1) is 16.4. The topological polar surface area (TPSA) is 105 Å². The Labute approximate surface area is 199 Å². The van der Waals surface area contributed by atoms with Gasteiger partial charge in [0, 0.05) is 50.4 Å². The van der Waals surface area contributed by atoms with Gasteiger partial charge in [0.1, 0.15) is 17.9 Å². The van der Waals surface area contributed by atoms with Crippen LogP contribution in [0.3, 0.4) is 0 Å². The standard InChI is InChI=1S/C24H27N5O4S/c1-3-33-21-8-4-19(5-9-21)23-16-24(26-17-25-23)28-12-14-29(15-13-28)34(31,32)22-10-6-20(7-11-22)27-18(2)30/h4-11,16-17H,3,12-15H2,1-2H3,(H,27,30). The summed E-state index contributed by atoms with van der Waals surface area (Å²) in [5, 5.41) is 2.64. The molecule has 0 spiro atoms. The number of carbonyl (C=O) groups is 1. The quantitative estimate of drug-likeness (QED) is 0.553. The molecule has 0 saturated carbocycles. The van der Waals surface area contributed by atoms with Crippen molar-refractivity contribution in [1.82, 2.24) is 14.3 Å². The number of ether oxygens (including phenoxy) is 1. The summed E-state index contributed by atoms with van der Waals surface area (Å²) in [7, 11) is -3.62. The Hall–Kier alpha value is -3.50. The summed E-state index contributed by atoms with van der Waals surface area (Å²) in [4.78, 5) is 22.2. The van der Waals surface area contributed by atoms with E-state index in [0.717, 1.165) is 22.8 Å². The van der Waals surface area contributed by atoms with Crippen molar-refractivity contribution >= 4 is 27.4 Å². The van der Waals surface area contributed by atoms with Crippen LogP contribution in [0.1, 0.15) is 13.8 Å². The molecule has 3 aromatic rings. The van der Waals surface area contributed by atoms with Crippen LogP contribution >= 0.6 is 0 Å². The Morgan fingerprint density at radius 2 is 1.68 bits per heavy atom. The van der Waals surface area contributed by atoms with E-state index >= 15 is 0 Å². The van der Waals surface area contributed by atoms with Gasteiger partial charge in [0.05, 0.1) is 17.2 Å². The van der Waals surface area contributed by atoms with Gasteiger partial charge in [-0.25, -0.2) is 18.4 Å². The molecule has 9 nitrogen and oxygen atoms in total. The molecular weight excluding hydrogens is 454 g/mol. The van der Waals surface area contributed by atoms with E-state index in [0.29, 0.717) is 38.5 Å². The van der Waals surface area contributed by atoms with Crippen LogP contribution in [-0.2, 0) is 14.8 Å². The number of aromatic nitrogens is 2. The molecule has 1 amide bonds. The molecule has 1 N–H and O–H groups in total. The summed E-state index contributed by atoms with van der Waals surface area (Å²) in [6.45, 7) is 5.69. The maximum absolute atomic E-state index is 13.1. The van der Waals surface area contributed by atoms with Crippen molar-refractivity contribution < 1.29 is 17.9 Å². The lowest BCUT2D eigenvalue weighted by Crippen LogP contribution is -2.48. The van der Waals surface area contributed by atoms with Crippen molar-refractivity contribution in [2.45, 2.75) is 18.7 Å². The maximum atomic E-state index is 13.1. The van der Waals surface area contributed by atoms with Gasteiger partial charge < -0.3 is 15.0 Å². The van der Waals surface area contributed by atoms with Gasteiger partial charge in [0.25, 0.3) is 0 Å². The number of hydrogen-bond acceptors (Lipinski definition) is 7. The van der Waals surface area contributed by atoms with Crippen LogP contribution < -0.4 is 15.0 Å². The molecule has 0 bridgehead atoms. The molecule has 0 atom stereocenters. The van der Waals surface area contributed by atoms with Crippen LogP contribution in [0.25, 0.3) is 11.3 Å². The third-order valence-electron chi connectivity index (χ3n) is 5.49. The molecule has 1 fully saturated rings. The fourth-order valence-corrected chi connectivity index (χ4v) is 5.21. The zero-order valence-corrected chi connectivity index (χ0v) is 20.0. The van der Waals surface area contributed by atoms with Gasteiger partial charge in [0.15, 0.2) is 0 Å². The number of nitrogens with zero attached hydrogens (tertiary/aromatic N) is 4. The molecule has 178 valence electrons. The average molecular weight is 482 g/mol. The Morgan fingerprint density at radius 3 is 2.29 bits per heavy atom. The smallest absolute Gasteiger partial charge is 0.243 e. The van der Waals surface area contributed by atoms with E-state index in [1.54, 1.807) is 12.1 Å². The Kier molecular flexibility index (Phi) is 7.09. The molecule has 0 unspecified atom stereocenters. The van der Waals surface area contributed by atoms with Crippen molar-refractivity contribution in [3.05, 3.63) is 60.9 Å². The van der Waals surface area contributed by atoms with Crippen LogP contribution in [0.5, 0.6) is 5.75 Å². The summed E-state index contributed by atoms with van der Waals surface area (Å²) in [6, 6.07) is 15.9. The number of hydrogen-bond donors (Lipinski definition) is 1. The van der Waals surface area contributed by atoms with Gasteiger partial charge in [-0.3, -0.25) is 4.79 Å². The molecule has 0 aliphatic carbocycles. The third kappa shape index (κ3) is 5.35. The average Bonchev–Trinajstić information content (AvgIpc) is 2.85. The highest BCUT2D eigenvalue weighted by Gasteiger charge is 2.29. The molecular formula is C24H27N5O4S. The lowest BCUT2D eigenvalue weighted by Gasteiger charge is -2.34. The Morgan fingerprint density at radius 1 is 1.00 bits per heavy atom. The Balaban J connectivity index is 1.42. The largest absolute Gasteiger partial charge is 0.494 e. The molecule has 1 aliphatic rings. The van der Waals surface area contributed by atoms with Gasteiger partial charge in [-0.1, -0.05) is 0 Å². The number of benzene rings is 2. The summed E-state index contributed by atoms with van der Waals surface area (Å²) >= 11 is 0. The predicted octanol–water partition coefficient (Wildman–Crippen LogP) is 3.01. The van der Waals surface area contributed by atoms with Crippen molar-refractivity contribution in [1.29, 1.82) is 0 Å². The van der Waals surface area contributed by atoms with Crippen LogP contribution in [0.15, 0.2) is 65.8 Å². The monoisotopic (exact) mass is 481 g/mol. The molecule has 34 heavy (non-hydrogen) atoms. The van der Waals surface area contributed by atoms with Crippen LogP contribution in [0, 0.1) is 0 Å². The van der Waals surface area contributed by atoms with Gasteiger partial charge in [0.2, 0.25) is 15.9 Å². The Bertz CT molecular complexity index is 1240. The minimum Gasteiger partial charge on any atom is -0.494 e. The maximum Gasteiger partial charge on any atom is 0.243 e. The van der Waals surface area contributed by atoms with Crippen LogP contribution in [-0.4, -0.2) is 61.4 Å². The molecule has 1 aliphatic heterocycles. The summed E-state index contributed by atoms with van der Waals surface area (Å²) in [5.74, 6) is 1.36. The minimum absolute atomic E-state index is 0.204. The van der Waals surface area contributed by atoms with E-state index in [2.05, 4.69) is 20.2 Å². The molecule has 2 aromatic carbocycles. The zero-order valence-electron chi connectivity index (χ0n) is 19.1. The second-order valence-electron chi connectivity index (χ2n) is 7.82. The van der Waals surface area contributed by atoms with Crippen LogP contribution in [0.2, 0.25) is 0 Å². The summed E-state index contributed by atoms with van der Waals surface area (Å²) < 4.78 is 33.1. The van der Waals surface area contributed by atoms with Crippen molar-refractivity contribution in [2.75, 3.05) is 43.0 Å². The van der Waals surface area contributed by atoms with Crippen LogP contribution in [0.4, 0.5) is 11.5 Å². The fraction of sp³-hybridized carbons (Fsp3) is 0.292. The summed E-state index contributed by atoms with van der Waals surface area (Å²) in [5.41, 5.74) is 2.31. The number of sulfonamides is 1. The first-order valence-corrected chi connectivity index (χ1v) is 12.5. The zero-order chi connectivity index (χ0) is 24.1. The second kappa shape index (κ2) is 10.2. The van der Waals surface area contributed by atoms with E-state index in [9.17, 15) is 13.2 Å². The van der Waals surface area contributed by atoms with Gasteiger partial charge in [-0.05, 0) is 55.5 Å². The first kappa shape index (κ1) is 23.7. The molecule has 0 radical (unpaired) electrons. The van der Waals surface area contributed by atoms with E-state index in [1.165, 1.54) is 29.7 Å². The van der Waals surface area contributed by atoms with Gasteiger partial charge in [-0.2, -0.15) is 4.31 Å². The van der Waals surface area contributed by atoms with E-state index < -0.39 is 10.0 Å². The number of rotatable bonds is 7. The molecule has 4 rings (SSSR count). The van der Waals surface area contributed by atoms with Crippen molar-refractivity contribution in [2.24, 2.45) is 0 Å². The first-order valence-electron chi connectivity index (χ1n) is 11.0. The predicted molar refractivity (Wildman–Crippen MR) is 130 cm³/mol. The number of anilines is 2. The highest BCUT2D eigenvalue weighted by atomic mass is 32.2. The molecule has 1 aromatic heterocycles. The summed E-state index contributed by atoms with van der Waals surface area (Å²) in [6.07, 6.45) is 1.53. The fourth-order valence-electron chi connectivity index (χ4n) is 3.79. The van der Waals surface area contributed by atoms with Crippen molar-refractivity contribution in [3.63, 3.8) is 0 Å². The number of amides is 1. The highest BCUT2D eigenvalue weighted by Crippen LogP contribution is 2.25. The third-order valence-corrected chi connectivity index (χ3v) is 7.40.